The van der Waals surface area contributed by atoms with E-state index in [1.165, 1.54) is 13.0 Å². The first-order valence-corrected chi connectivity index (χ1v) is 10.3. The summed E-state index contributed by atoms with van der Waals surface area (Å²) in [6.07, 6.45) is 1.36. The van der Waals surface area contributed by atoms with E-state index in [9.17, 15) is 14.7 Å². The molecule has 0 radical (unpaired) electrons. The smallest absolute Gasteiger partial charge is 0.307 e. The summed E-state index contributed by atoms with van der Waals surface area (Å²) in [4.78, 5) is 22.8. The average molecular weight is 425 g/mol. The number of ketones is 1. The van der Waals surface area contributed by atoms with E-state index in [1.54, 1.807) is 24.3 Å². The number of allylic oxidation sites excluding steroid dienone is 1. The van der Waals surface area contributed by atoms with Crippen LogP contribution in [0.1, 0.15) is 70.7 Å². The predicted octanol–water partition coefficient (Wildman–Crippen LogP) is 5.62. The number of aromatic hydroxyl groups is 1. The van der Waals surface area contributed by atoms with Gasteiger partial charge in [-0.05, 0) is 47.6 Å². The molecule has 0 spiro atoms. The summed E-state index contributed by atoms with van der Waals surface area (Å²) in [5, 5.41) is 19.9. The molecule has 2 aromatic rings. The lowest BCUT2D eigenvalue weighted by Gasteiger charge is -2.28. The Hall–Kier alpha value is -3.08. The lowest BCUT2D eigenvalue weighted by atomic mass is 9.78. The van der Waals surface area contributed by atoms with Gasteiger partial charge in [0.05, 0.1) is 6.42 Å². The van der Waals surface area contributed by atoms with Crippen LogP contribution in [0.3, 0.4) is 0 Å². The minimum atomic E-state index is -0.903. The highest BCUT2D eigenvalue weighted by Gasteiger charge is 2.27. The van der Waals surface area contributed by atoms with Gasteiger partial charge in [0.25, 0.3) is 0 Å². The van der Waals surface area contributed by atoms with E-state index in [4.69, 9.17) is 9.84 Å². The van der Waals surface area contributed by atoms with E-state index in [1.807, 2.05) is 53.7 Å². The van der Waals surface area contributed by atoms with Gasteiger partial charge in [0.2, 0.25) is 0 Å². The standard InChI is InChI=1S/C26H32O5/c1-16(27)12-22(31-19-10-8-17(9-11-19)13-23(28)29)18-14-20(25(2,3)4)24(30)21(15-18)26(5,6)7/h8-12,14-15,30H,13H2,1-7H3,(H,28,29). The lowest BCUT2D eigenvalue weighted by Crippen LogP contribution is -2.18. The summed E-state index contributed by atoms with van der Waals surface area (Å²) < 4.78 is 6.06. The van der Waals surface area contributed by atoms with Gasteiger partial charge in [-0.2, -0.15) is 0 Å². The summed E-state index contributed by atoms with van der Waals surface area (Å²) in [6.45, 7) is 13.6. The Morgan fingerprint density at radius 3 is 1.81 bits per heavy atom. The number of carbonyl (C=O) groups is 2. The average Bonchev–Trinajstić information content (AvgIpc) is 2.60. The van der Waals surface area contributed by atoms with Crippen LogP contribution in [0.25, 0.3) is 5.76 Å². The molecule has 2 rings (SSSR count). The van der Waals surface area contributed by atoms with Crippen LogP contribution >= 0.6 is 0 Å². The number of rotatable bonds is 6. The second kappa shape index (κ2) is 8.96. The molecule has 0 aliphatic carbocycles. The predicted molar refractivity (Wildman–Crippen MR) is 123 cm³/mol. The first kappa shape index (κ1) is 24.2. The molecule has 0 fully saturated rings. The summed E-state index contributed by atoms with van der Waals surface area (Å²) in [5.41, 5.74) is 2.25. The number of carboxylic acid groups (broad SMARTS) is 1. The second-order valence-electron chi connectivity index (χ2n) is 9.86. The molecule has 0 unspecified atom stereocenters. The van der Waals surface area contributed by atoms with Crippen LogP contribution in [-0.4, -0.2) is 22.0 Å². The third-order valence-electron chi connectivity index (χ3n) is 4.85. The number of phenols is 1. The zero-order valence-corrected chi connectivity index (χ0v) is 19.4. The summed E-state index contributed by atoms with van der Waals surface area (Å²) in [5.74, 6) is 0.0438. The molecule has 5 heteroatoms. The topological polar surface area (TPSA) is 83.8 Å². The molecule has 0 heterocycles. The Balaban J connectivity index is 2.58. The largest absolute Gasteiger partial charge is 0.507 e. The molecule has 0 atom stereocenters. The highest BCUT2D eigenvalue weighted by atomic mass is 16.5. The van der Waals surface area contributed by atoms with Crippen LogP contribution < -0.4 is 4.74 Å². The second-order valence-corrected chi connectivity index (χ2v) is 9.86. The van der Waals surface area contributed by atoms with E-state index in [-0.39, 0.29) is 28.8 Å². The third kappa shape index (κ3) is 6.45. The van der Waals surface area contributed by atoms with Crippen LogP contribution in [0, 0.1) is 0 Å². The van der Waals surface area contributed by atoms with Crippen molar-refractivity contribution >= 4 is 17.5 Å². The number of carboxylic acids is 1. The molecule has 0 amide bonds. The van der Waals surface area contributed by atoms with Crippen molar-refractivity contribution in [2.75, 3.05) is 0 Å². The Bertz CT molecular complexity index is 965. The molecule has 2 N–H and O–H groups in total. The van der Waals surface area contributed by atoms with Gasteiger partial charge >= 0.3 is 5.97 Å². The maximum Gasteiger partial charge on any atom is 0.307 e. The van der Waals surface area contributed by atoms with Gasteiger partial charge in [0.1, 0.15) is 17.3 Å². The third-order valence-corrected chi connectivity index (χ3v) is 4.85. The fourth-order valence-electron chi connectivity index (χ4n) is 3.25. The molecule has 0 aliphatic rings. The quantitative estimate of drug-likeness (QED) is 0.464. The van der Waals surface area contributed by atoms with Gasteiger partial charge < -0.3 is 14.9 Å². The summed E-state index contributed by atoms with van der Waals surface area (Å²) >= 11 is 0. The molecule has 166 valence electrons. The molecule has 0 bridgehead atoms. The number of benzene rings is 2. The van der Waals surface area contributed by atoms with Crippen LogP contribution in [0.15, 0.2) is 42.5 Å². The van der Waals surface area contributed by atoms with E-state index in [0.29, 0.717) is 22.6 Å². The van der Waals surface area contributed by atoms with Crippen molar-refractivity contribution in [3.8, 4) is 11.5 Å². The normalized spacial score (nSPS) is 12.5. The zero-order chi connectivity index (χ0) is 23.6. The van der Waals surface area contributed by atoms with E-state index >= 15 is 0 Å². The van der Waals surface area contributed by atoms with Gasteiger partial charge in [0, 0.05) is 22.8 Å². The molecule has 31 heavy (non-hydrogen) atoms. The maximum absolute atomic E-state index is 12.0. The summed E-state index contributed by atoms with van der Waals surface area (Å²) in [7, 11) is 0. The van der Waals surface area contributed by atoms with E-state index in [2.05, 4.69) is 0 Å². The number of hydrogen-bond acceptors (Lipinski definition) is 4. The monoisotopic (exact) mass is 424 g/mol. The van der Waals surface area contributed by atoms with Crippen molar-refractivity contribution in [3.63, 3.8) is 0 Å². The van der Waals surface area contributed by atoms with Gasteiger partial charge in [-0.3, -0.25) is 9.59 Å². The molecule has 0 aromatic heterocycles. The van der Waals surface area contributed by atoms with Crippen molar-refractivity contribution in [3.05, 3.63) is 64.7 Å². The Morgan fingerprint density at radius 2 is 1.42 bits per heavy atom. The van der Waals surface area contributed by atoms with Gasteiger partial charge in [-0.15, -0.1) is 0 Å². The minimum Gasteiger partial charge on any atom is -0.507 e. The maximum atomic E-state index is 12.0. The van der Waals surface area contributed by atoms with Gasteiger partial charge in [-0.25, -0.2) is 0 Å². The molecular weight excluding hydrogens is 392 g/mol. The fourth-order valence-corrected chi connectivity index (χ4v) is 3.25. The summed E-state index contributed by atoms with van der Waals surface area (Å²) in [6, 6.07) is 10.5. The number of aliphatic carboxylic acids is 1. The van der Waals surface area contributed by atoms with Crippen molar-refractivity contribution < 1.29 is 24.5 Å². The Labute approximate surface area is 184 Å². The first-order valence-electron chi connectivity index (χ1n) is 10.3. The highest BCUT2D eigenvalue weighted by Crippen LogP contribution is 2.41. The van der Waals surface area contributed by atoms with Crippen molar-refractivity contribution in [1.29, 1.82) is 0 Å². The zero-order valence-electron chi connectivity index (χ0n) is 19.4. The number of phenolic OH excluding ortho intramolecular Hbond substituents is 1. The van der Waals surface area contributed by atoms with Gasteiger partial charge in [-0.1, -0.05) is 53.7 Å². The number of hydrogen-bond donors (Lipinski definition) is 2. The Morgan fingerprint density at radius 1 is 0.935 bits per heavy atom. The minimum absolute atomic E-state index is 0.0712. The fraction of sp³-hybridized carbons (Fsp3) is 0.385. The molecular formula is C26H32O5. The highest BCUT2D eigenvalue weighted by molar-refractivity contribution is 5.94. The molecule has 0 aliphatic heterocycles. The molecule has 5 nitrogen and oxygen atoms in total. The molecule has 0 saturated heterocycles. The van der Waals surface area contributed by atoms with Crippen LogP contribution in [0.5, 0.6) is 11.5 Å². The van der Waals surface area contributed by atoms with Crippen LogP contribution in [0.2, 0.25) is 0 Å². The van der Waals surface area contributed by atoms with Crippen molar-refractivity contribution in [2.24, 2.45) is 0 Å². The van der Waals surface area contributed by atoms with Crippen molar-refractivity contribution in [2.45, 2.75) is 65.7 Å². The SMILES string of the molecule is CC(=O)C=C(Oc1ccc(CC(=O)O)cc1)c1cc(C(C)(C)C)c(O)c(C(C)(C)C)c1. The van der Waals surface area contributed by atoms with Crippen molar-refractivity contribution in [1.82, 2.24) is 0 Å². The van der Waals surface area contributed by atoms with Gasteiger partial charge in [0.15, 0.2) is 5.78 Å². The number of carbonyl (C=O) groups excluding carboxylic acids is 1. The molecule has 2 aromatic carbocycles. The first-order chi connectivity index (χ1) is 14.2. The van der Waals surface area contributed by atoms with Crippen LogP contribution in [0.4, 0.5) is 0 Å². The number of ether oxygens (including phenoxy) is 1. The Kier molecular flexibility index (Phi) is 6.99. The van der Waals surface area contributed by atoms with E-state index < -0.39 is 5.97 Å². The van der Waals surface area contributed by atoms with E-state index in [0.717, 1.165) is 11.1 Å². The lowest BCUT2D eigenvalue weighted by molar-refractivity contribution is -0.136. The van der Waals surface area contributed by atoms with Crippen LogP contribution in [-0.2, 0) is 26.8 Å². The molecule has 0 saturated carbocycles.